The zero-order chi connectivity index (χ0) is 12.3. The van der Waals surface area contributed by atoms with Gasteiger partial charge in [-0.1, -0.05) is 22.4 Å². The molecule has 0 aromatic heterocycles. The van der Waals surface area contributed by atoms with E-state index in [-0.39, 0.29) is 17.6 Å². The maximum atomic E-state index is 13.4. The van der Waals surface area contributed by atoms with Crippen LogP contribution in [0.4, 0.5) is 10.1 Å². The highest BCUT2D eigenvalue weighted by Gasteiger charge is 2.21. The molecule has 1 fully saturated rings. The molecule has 17 heavy (non-hydrogen) atoms. The Morgan fingerprint density at radius 1 is 1.47 bits per heavy atom. The SMILES string of the molecule is O=C(Nc1cc(Br)ccc1F)[C@H]1CCCCN1. The van der Waals surface area contributed by atoms with Crippen LogP contribution in [-0.2, 0) is 4.79 Å². The number of carbonyl (C=O) groups is 1. The van der Waals surface area contributed by atoms with E-state index in [9.17, 15) is 9.18 Å². The van der Waals surface area contributed by atoms with Crippen molar-refractivity contribution >= 4 is 27.5 Å². The minimum atomic E-state index is -0.419. The molecule has 0 saturated carbocycles. The quantitative estimate of drug-likeness (QED) is 0.882. The maximum Gasteiger partial charge on any atom is 0.241 e. The molecule has 1 saturated heterocycles. The van der Waals surface area contributed by atoms with Gasteiger partial charge in [-0.15, -0.1) is 0 Å². The summed E-state index contributed by atoms with van der Waals surface area (Å²) in [5.74, 6) is -0.584. The van der Waals surface area contributed by atoms with Crippen molar-refractivity contribution < 1.29 is 9.18 Å². The van der Waals surface area contributed by atoms with Gasteiger partial charge in [-0.3, -0.25) is 4.79 Å². The second-order valence-electron chi connectivity index (χ2n) is 4.12. The Bertz CT molecular complexity index is 419. The highest BCUT2D eigenvalue weighted by Crippen LogP contribution is 2.20. The van der Waals surface area contributed by atoms with Gasteiger partial charge >= 0.3 is 0 Å². The molecular weight excluding hydrogens is 287 g/mol. The van der Waals surface area contributed by atoms with Gasteiger partial charge in [-0.05, 0) is 37.6 Å². The molecule has 1 aliphatic heterocycles. The maximum absolute atomic E-state index is 13.4. The van der Waals surface area contributed by atoms with Crippen molar-refractivity contribution in [3.63, 3.8) is 0 Å². The molecule has 0 bridgehead atoms. The molecule has 0 aliphatic carbocycles. The molecule has 1 aliphatic rings. The van der Waals surface area contributed by atoms with Gasteiger partial charge in [-0.2, -0.15) is 0 Å². The molecule has 2 rings (SSSR count). The zero-order valence-electron chi connectivity index (χ0n) is 9.30. The summed E-state index contributed by atoms with van der Waals surface area (Å²) in [6.07, 6.45) is 2.93. The summed E-state index contributed by atoms with van der Waals surface area (Å²) in [4.78, 5) is 11.9. The Hall–Kier alpha value is -0.940. The predicted octanol–water partition coefficient (Wildman–Crippen LogP) is 2.67. The Kier molecular flexibility index (Phi) is 4.12. The van der Waals surface area contributed by atoms with Crippen molar-refractivity contribution in [2.75, 3.05) is 11.9 Å². The van der Waals surface area contributed by atoms with Crippen LogP contribution in [0.1, 0.15) is 19.3 Å². The summed E-state index contributed by atoms with van der Waals surface area (Å²) in [7, 11) is 0. The minimum absolute atomic E-state index is 0.165. The van der Waals surface area contributed by atoms with E-state index in [0.717, 1.165) is 30.3 Å². The third kappa shape index (κ3) is 3.26. The number of halogens is 2. The van der Waals surface area contributed by atoms with Crippen molar-refractivity contribution in [3.05, 3.63) is 28.5 Å². The Balaban J connectivity index is 2.04. The average Bonchev–Trinajstić information content (AvgIpc) is 2.35. The fraction of sp³-hybridized carbons (Fsp3) is 0.417. The van der Waals surface area contributed by atoms with Crippen LogP contribution in [0, 0.1) is 5.82 Å². The molecule has 5 heteroatoms. The fourth-order valence-corrected chi connectivity index (χ4v) is 2.25. The highest BCUT2D eigenvalue weighted by atomic mass is 79.9. The summed E-state index contributed by atoms with van der Waals surface area (Å²) in [6.45, 7) is 0.846. The van der Waals surface area contributed by atoms with E-state index in [1.165, 1.54) is 6.07 Å². The largest absolute Gasteiger partial charge is 0.322 e. The predicted molar refractivity (Wildman–Crippen MR) is 68.4 cm³/mol. The smallest absolute Gasteiger partial charge is 0.241 e. The number of amides is 1. The molecular formula is C12H14BrFN2O. The van der Waals surface area contributed by atoms with Crippen LogP contribution in [0.5, 0.6) is 0 Å². The van der Waals surface area contributed by atoms with Crippen LogP contribution in [-0.4, -0.2) is 18.5 Å². The van der Waals surface area contributed by atoms with E-state index in [1.54, 1.807) is 12.1 Å². The lowest BCUT2D eigenvalue weighted by atomic mass is 10.0. The molecule has 0 radical (unpaired) electrons. The van der Waals surface area contributed by atoms with Crippen LogP contribution >= 0.6 is 15.9 Å². The Morgan fingerprint density at radius 2 is 2.29 bits per heavy atom. The van der Waals surface area contributed by atoms with E-state index < -0.39 is 5.82 Å². The van der Waals surface area contributed by atoms with E-state index in [0.29, 0.717) is 0 Å². The van der Waals surface area contributed by atoms with Crippen molar-refractivity contribution in [1.82, 2.24) is 5.32 Å². The monoisotopic (exact) mass is 300 g/mol. The van der Waals surface area contributed by atoms with Crippen LogP contribution < -0.4 is 10.6 Å². The van der Waals surface area contributed by atoms with Gasteiger partial charge in [0, 0.05) is 4.47 Å². The summed E-state index contributed by atoms with van der Waals surface area (Å²) in [5.41, 5.74) is 0.219. The second kappa shape index (κ2) is 5.60. The molecule has 92 valence electrons. The standard InChI is InChI=1S/C12H14BrFN2O/c13-8-4-5-9(14)11(7-8)16-12(17)10-3-1-2-6-15-10/h4-5,7,10,15H,1-3,6H2,(H,16,17)/t10-/m1/s1. The number of rotatable bonds is 2. The van der Waals surface area contributed by atoms with Crippen molar-refractivity contribution in [1.29, 1.82) is 0 Å². The first-order valence-electron chi connectivity index (χ1n) is 5.66. The lowest BCUT2D eigenvalue weighted by molar-refractivity contribution is -0.118. The van der Waals surface area contributed by atoms with E-state index in [4.69, 9.17) is 0 Å². The minimum Gasteiger partial charge on any atom is -0.322 e. The molecule has 1 aromatic carbocycles. The van der Waals surface area contributed by atoms with Gasteiger partial charge in [0.05, 0.1) is 11.7 Å². The molecule has 0 spiro atoms. The van der Waals surface area contributed by atoms with Crippen molar-refractivity contribution in [3.8, 4) is 0 Å². The van der Waals surface area contributed by atoms with Gasteiger partial charge in [0.1, 0.15) is 5.82 Å². The Labute approximate surface area is 108 Å². The first-order valence-corrected chi connectivity index (χ1v) is 6.45. The van der Waals surface area contributed by atoms with Crippen molar-refractivity contribution in [2.45, 2.75) is 25.3 Å². The van der Waals surface area contributed by atoms with Crippen molar-refractivity contribution in [2.24, 2.45) is 0 Å². The second-order valence-corrected chi connectivity index (χ2v) is 5.03. The number of piperidine rings is 1. The van der Waals surface area contributed by atoms with Crippen LogP contribution in [0.25, 0.3) is 0 Å². The fourth-order valence-electron chi connectivity index (χ4n) is 1.89. The van der Waals surface area contributed by atoms with Gasteiger partial charge < -0.3 is 10.6 Å². The number of benzene rings is 1. The lowest BCUT2D eigenvalue weighted by Crippen LogP contribution is -2.43. The summed E-state index contributed by atoms with van der Waals surface area (Å²) >= 11 is 3.25. The van der Waals surface area contributed by atoms with E-state index >= 15 is 0 Å². The Morgan fingerprint density at radius 3 is 3.00 bits per heavy atom. The average molecular weight is 301 g/mol. The van der Waals surface area contributed by atoms with Gasteiger partial charge in [0.25, 0.3) is 0 Å². The number of anilines is 1. The highest BCUT2D eigenvalue weighted by molar-refractivity contribution is 9.10. The van der Waals surface area contributed by atoms with Crippen LogP contribution in [0.2, 0.25) is 0 Å². The molecule has 3 nitrogen and oxygen atoms in total. The third-order valence-corrected chi connectivity index (χ3v) is 3.31. The number of hydrogen-bond donors (Lipinski definition) is 2. The topological polar surface area (TPSA) is 41.1 Å². The summed E-state index contributed by atoms with van der Waals surface area (Å²) < 4.78 is 14.2. The number of carbonyl (C=O) groups excluding carboxylic acids is 1. The van der Waals surface area contributed by atoms with Crippen LogP contribution in [0.15, 0.2) is 22.7 Å². The summed E-state index contributed by atoms with van der Waals surface area (Å²) in [5, 5.41) is 5.74. The van der Waals surface area contributed by atoms with E-state index in [1.807, 2.05) is 0 Å². The number of nitrogens with one attached hydrogen (secondary N) is 2. The van der Waals surface area contributed by atoms with E-state index in [2.05, 4.69) is 26.6 Å². The molecule has 1 heterocycles. The zero-order valence-corrected chi connectivity index (χ0v) is 10.9. The molecule has 1 amide bonds. The molecule has 2 N–H and O–H groups in total. The first kappa shape index (κ1) is 12.5. The normalized spacial score (nSPS) is 20.0. The molecule has 0 unspecified atom stereocenters. The lowest BCUT2D eigenvalue weighted by Gasteiger charge is -2.22. The van der Waals surface area contributed by atoms with Gasteiger partial charge in [0.2, 0.25) is 5.91 Å². The first-order chi connectivity index (χ1) is 8.16. The molecule has 1 atom stereocenters. The third-order valence-electron chi connectivity index (χ3n) is 2.81. The summed E-state index contributed by atoms with van der Waals surface area (Å²) in [6, 6.07) is 4.29. The molecule has 1 aromatic rings. The van der Waals surface area contributed by atoms with Gasteiger partial charge in [0.15, 0.2) is 0 Å². The van der Waals surface area contributed by atoms with Gasteiger partial charge in [-0.25, -0.2) is 4.39 Å². The number of hydrogen-bond acceptors (Lipinski definition) is 2. The van der Waals surface area contributed by atoms with Crippen LogP contribution in [0.3, 0.4) is 0 Å².